The van der Waals surface area contributed by atoms with Gasteiger partial charge in [0.2, 0.25) is 0 Å². The van der Waals surface area contributed by atoms with E-state index in [1.807, 2.05) is 0 Å². The second kappa shape index (κ2) is 9.99. The van der Waals surface area contributed by atoms with Crippen molar-refractivity contribution in [3.8, 4) is 0 Å². The molecule has 19 heavy (non-hydrogen) atoms. The molecular weight excluding hydrogens is 234 g/mol. The molecule has 0 spiro atoms. The largest absolute Gasteiger partial charge is 0.380 e. The van der Waals surface area contributed by atoms with Gasteiger partial charge in [0.05, 0.1) is 13.2 Å². The maximum absolute atomic E-state index is 5.69. The Morgan fingerprint density at radius 3 is 2.47 bits per heavy atom. The van der Waals surface area contributed by atoms with Gasteiger partial charge in [-0.15, -0.1) is 0 Å². The summed E-state index contributed by atoms with van der Waals surface area (Å²) in [6.45, 7) is 10.3. The number of benzene rings is 1. The Bertz CT molecular complexity index is 349. The third-order valence-electron chi connectivity index (χ3n) is 3.43. The van der Waals surface area contributed by atoms with Crippen LogP contribution in [0.3, 0.4) is 0 Å². The molecule has 1 rings (SSSR count). The molecule has 0 radical (unpaired) electrons. The van der Waals surface area contributed by atoms with Crippen LogP contribution in [0.1, 0.15) is 43.9 Å². The van der Waals surface area contributed by atoms with Crippen LogP contribution >= 0.6 is 0 Å². The van der Waals surface area contributed by atoms with Gasteiger partial charge in [0.1, 0.15) is 0 Å². The fourth-order valence-corrected chi connectivity index (χ4v) is 2.21. The molecule has 0 aliphatic heterocycles. The molecule has 0 amide bonds. The van der Waals surface area contributed by atoms with E-state index in [1.165, 1.54) is 23.1 Å². The smallest absolute Gasteiger partial charge is 0.0591 e. The van der Waals surface area contributed by atoms with Gasteiger partial charge in [-0.2, -0.15) is 0 Å². The van der Waals surface area contributed by atoms with Crippen LogP contribution in [0, 0.1) is 0 Å². The van der Waals surface area contributed by atoms with E-state index in [0.29, 0.717) is 0 Å². The molecule has 0 saturated carbocycles. The summed E-state index contributed by atoms with van der Waals surface area (Å²) in [5.41, 5.74) is 4.35. The van der Waals surface area contributed by atoms with E-state index in [9.17, 15) is 0 Å². The normalized spacial score (nSPS) is 10.9. The van der Waals surface area contributed by atoms with Gasteiger partial charge in [0.25, 0.3) is 0 Å². The van der Waals surface area contributed by atoms with E-state index < -0.39 is 0 Å². The van der Waals surface area contributed by atoms with Crippen LogP contribution in [0.2, 0.25) is 0 Å². The molecule has 2 nitrogen and oxygen atoms in total. The zero-order valence-corrected chi connectivity index (χ0v) is 12.8. The molecule has 0 saturated heterocycles. The second-order valence-corrected chi connectivity index (χ2v) is 4.92. The zero-order chi connectivity index (χ0) is 13.9. The second-order valence-electron chi connectivity index (χ2n) is 4.92. The Morgan fingerprint density at radius 1 is 0.947 bits per heavy atom. The molecule has 2 heteroatoms. The Balaban J connectivity index is 2.31. The maximum atomic E-state index is 5.69. The molecule has 0 aliphatic carbocycles. The van der Waals surface area contributed by atoms with Gasteiger partial charge >= 0.3 is 0 Å². The Labute approximate surface area is 118 Å². The van der Waals surface area contributed by atoms with Gasteiger partial charge in [0, 0.05) is 6.54 Å². The van der Waals surface area contributed by atoms with Gasteiger partial charge in [-0.3, -0.25) is 0 Å². The standard InChI is InChI=1S/C17H29NO/c1-4-10-18-11-13-19-12-9-17-14-15(5-2)7-8-16(17)6-3/h7-8,14,18H,4-6,9-13H2,1-3H3. The average molecular weight is 263 g/mol. The number of aryl methyl sites for hydroxylation is 2. The van der Waals surface area contributed by atoms with Crippen LogP contribution < -0.4 is 5.32 Å². The highest BCUT2D eigenvalue weighted by molar-refractivity contribution is 5.32. The first-order valence-electron chi connectivity index (χ1n) is 7.70. The van der Waals surface area contributed by atoms with Crippen molar-refractivity contribution >= 4 is 0 Å². The lowest BCUT2D eigenvalue weighted by Crippen LogP contribution is -2.20. The molecule has 0 unspecified atom stereocenters. The average Bonchev–Trinajstić information content (AvgIpc) is 2.46. The monoisotopic (exact) mass is 263 g/mol. The lowest BCUT2D eigenvalue weighted by Gasteiger charge is -2.11. The van der Waals surface area contributed by atoms with E-state index in [2.05, 4.69) is 44.3 Å². The summed E-state index contributed by atoms with van der Waals surface area (Å²) in [5.74, 6) is 0. The van der Waals surface area contributed by atoms with Crippen molar-refractivity contribution < 1.29 is 4.74 Å². The molecule has 0 heterocycles. The number of nitrogens with one attached hydrogen (secondary N) is 1. The lowest BCUT2D eigenvalue weighted by atomic mass is 9.99. The molecule has 108 valence electrons. The summed E-state index contributed by atoms with van der Waals surface area (Å²) in [4.78, 5) is 0. The molecule has 0 atom stereocenters. The quantitative estimate of drug-likeness (QED) is 0.654. The van der Waals surface area contributed by atoms with Crippen LogP contribution in [0.5, 0.6) is 0 Å². The number of hydrogen-bond acceptors (Lipinski definition) is 2. The number of rotatable bonds is 10. The molecule has 1 aromatic rings. The molecule has 0 fully saturated rings. The lowest BCUT2D eigenvalue weighted by molar-refractivity contribution is 0.139. The summed E-state index contributed by atoms with van der Waals surface area (Å²) in [7, 11) is 0. The van der Waals surface area contributed by atoms with Crippen molar-refractivity contribution in [2.24, 2.45) is 0 Å². The molecule has 0 aliphatic rings. The Hall–Kier alpha value is -0.860. The van der Waals surface area contributed by atoms with Crippen LogP contribution in [-0.4, -0.2) is 26.3 Å². The Morgan fingerprint density at radius 2 is 1.79 bits per heavy atom. The summed E-state index contributed by atoms with van der Waals surface area (Å²) >= 11 is 0. The van der Waals surface area contributed by atoms with Gasteiger partial charge < -0.3 is 10.1 Å². The van der Waals surface area contributed by atoms with Crippen molar-refractivity contribution in [3.63, 3.8) is 0 Å². The summed E-state index contributed by atoms with van der Waals surface area (Å²) in [6.07, 6.45) is 4.44. The first kappa shape index (κ1) is 16.2. The third-order valence-corrected chi connectivity index (χ3v) is 3.43. The predicted octanol–water partition coefficient (Wildman–Crippen LogP) is 3.37. The van der Waals surface area contributed by atoms with Crippen molar-refractivity contribution in [2.45, 2.75) is 46.5 Å². The summed E-state index contributed by atoms with van der Waals surface area (Å²) in [6, 6.07) is 6.87. The van der Waals surface area contributed by atoms with E-state index in [0.717, 1.165) is 45.6 Å². The minimum atomic E-state index is 0.814. The molecule has 0 bridgehead atoms. The highest BCUT2D eigenvalue weighted by Gasteiger charge is 2.02. The topological polar surface area (TPSA) is 21.3 Å². The maximum Gasteiger partial charge on any atom is 0.0591 e. The Kier molecular flexibility index (Phi) is 8.52. The SMILES string of the molecule is CCCNCCOCCc1cc(CC)ccc1CC. The summed E-state index contributed by atoms with van der Waals surface area (Å²) in [5, 5.41) is 3.35. The number of hydrogen-bond donors (Lipinski definition) is 1. The number of ether oxygens (including phenoxy) is 1. The van der Waals surface area contributed by atoms with Crippen LogP contribution in [0.15, 0.2) is 18.2 Å². The highest BCUT2D eigenvalue weighted by atomic mass is 16.5. The first-order valence-corrected chi connectivity index (χ1v) is 7.70. The zero-order valence-electron chi connectivity index (χ0n) is 12.8. The fraction of sp³-hybridized carbons (Fsp3) is 0.647. The van der Waals surface area contributed by atoms with Gasteiger partial charge in [-0.25, -0.2) is 0 Å². The summed E-state index contributed by atoms with van der Waals surface area (Å²) < 4.78 is 5.69. The predicted molar refractivity (Wildman–Crippen MR) is 82.9 cm³/mol. The van der Waals surface area contributed by atoms with Crippen LogP contribution in [-0.2, 0) is 24.0 Å². The van der Waals surface area contributed by atoms with Crippen LogP contribution in [0.25, 0.3) is 0 Å². The minimum Gasteiger partial charge on any atom is -0.380 e. The fourth-order valence-electron chi connectivity index (χ4n) is 2.21. The van der Waals surface area contributed by atoms with E-state index in [-0.39, 0.29) is 0 Å². The van der Waals surface area contributed by atoms with E-state index in [1.54, 1.807) is 0 Å². The first-order chi connectivity index (χ1) is 9.31. The van der Waals surface area contributed by atoms with Gasteiger partial charge in [0.15, 0.2) is 0 Å². The van der Waals surface area contributed by atoms with E-state index in [4.69, 9.17) is 4.74 Å². The van der Waals surface area contributed by atoms with Crippen molar-refractivity contribution in [1.29, 1.82) is 0 Å². The van der Waals surface area contributed by atoms with Crippen molar-refractivity contribution in [2.75, 3.05) is 26.3 Å². The van der Waals surface area contributed by atoms with Gasteiger partial charge in [-0.1, -0.05) is 39.0 Å². The highest BCUT2D eigenvalue weighted by Crippen LogP contribution is 2.14. The van der Waals surface area contributed by atoms with Gasteiger partial charge in [-0.05, 0) is 48.9 Å². The van der Waals surface area contributed by atoms with E-state index >= 15 is 0 Å². The molecule has 0 aromatic heterocycles. The third kappa shape index (κ3) is 6.22. The molecular formula is C17H29NO. The molecule has 1 aromatic carbocycles. The van der Waals surface area contributed by atoms with Crippen molar-refractivity contribution in [1.82, 2.24) is 5.32 Å². The van der Waals surface area contributed by atoms with Crippen molar-refractivity contribution in [3.05, 3.63) is 34.9 Å². The minimum absolute atomic E-state index is 0.814. The van der Waals surface area contributed by atoms with Crippen LogP contribution in [0.4, 0.5) is 0 Å². The molecule has 1 N–H and O–H groups in total.